The molecule has 4 heteroatoms. The van der Waals surface area contributed by atoms with Crippen molar-refractivity contribution in [3.63, 3.8) is 0 Å². The number of hydrogen-bond donors (Lipinski definition) is 0. The average molecular weight is 428 g/mol. The molecule has 2 aromatic carbocycles. The predicted octanol–water partition coefficient (Wildman–Crippen LogP) is 1.24. The Kier molecular flexibility index (Phi) is 4.63. The Hall–Kier alpha value is -0.103. The van der Waals surface area contributed by atoms with E-state index in [2.05, 4.69) is 0 Å². The molecule has 78 valence electrons. The fourth-order valence-electron chi connectivity index (χ4n) is 1.21. The Balaban J connectivity index is 2.21. The molecule has 0 aromatic heterocycles. The van der Waals surface area contributed by atoms with Crippen molar-refractivity contribution in [1.29, 1.82) is 0 Å². The summed E-state index contributed by atoms with van der Waals surface area (Å²) in [5.74, 6) is -0.342. The van der Waals surface area contributed by atoms with Crippen LogP contribution in [0.4, 0.5) is 8.78 Å². The average Bonchev–Trinajstić information content (AvgIpc) is 2.30. The van der Waals surface area contributed by atoms with Crippen LogP contribution < -0.4 is 7.16 Å². The predicted molar refractivity (Wildman–Crippen MR) is 63.6 cm³/mol. The van der Waals surface area contributed by atoms with Gasteiger partial charge in [-0.25, -0.2) is 0 Å². The van der Waals surface area contributed by atoms with Crippen LogP contribution in [-0.2, 0) is 0 Å². The third kappa shape index (κ3) is 3.73. The van der Waals surface area contributed by atoms with Crippen LogP contribution in [0.2, 0.25) is 0 Å². The van der Waals surface area contributed by atoms with Crippen LogP contribution >= 0.6 is 0 Å². The Morgan fingerprint density at radius 1 is 0.562 bits per heavy atom. The summed E-state index contributed by atoms with van der Waals surface area (Å²) < 4.78 is 28.0. The van der Waals surface area contributed by atoms with E-state index in [4.69, 9.17) is 0 Å². The van der Waals surface area contributed by atoms with Crippen molar-refractivity contribution < 1.29 is 8.78 Å². The van der Waals surface area contributed by atoms with Crippen molar-refractivity contribution in [3.8, 4) is 0 Å². The molecule has 0 bridgehead atoms. The number of benzene rings is 2. The summed E-state index contributed by atoms with van der Waals surface area (Å²) in [4.78, 5) is 0. The van der Waals surface area contributed by atoms with Crippen LogP contribution in [0.1, 0.15) is 0 Å². The SMILES string of the molecule is Fc1cc[c]([Sn]#[Sn][c]2ccc(F)cc2)cc1. The zero-order valence-corrected chi connectivity index (χ0v) is 14.1. The summed E-state index contributed by atoms with van der Waals surface area (Å²) >= 11 is -1.08. The van der Waals surface area contributed by atoms with E-state index in [1.807, 2.05) is 24.3 Å². The normalized spacial score (nSPS) is 9.38. The van der Waals surface area contributed by atoms with Crippen LogP contribution in [0, 0.1) is 11.6 Å². The second kappa shape index (κ2) is 6.00. The van der Waals surface area contributed by atoms with Crippen molar-refractivity contribution in [3.05, 3.63) is 60.2 Å². The van der Waals surface area contributed by atoms with Gasteiger partial charge >= 0.3 is 109 Å². The Morgan fingerprint density at radius 3 is 1.19 bits per heavy atom. The van der Waals surface area contributed by atoms with E-state index in [0.29, 0.717) is 0 Å². The van der Waals surface area contributed by atoms with Crippen molar-refractivity contribution in [2.45, 2.75) is 0 Å². The third-order valence-corrected chi connectivity index (χ3v) is 19.4. The van der Waals surface area contributed by atoms with Crippen LogP contribution in [0.5, 0.6) is 0 Å². The van der Waals surface area contributed by atoms with E-state index in [-0.39, 0.29) is 11.6 Å². The molecule has 0 radical (unpaired) electrons. The molecule has 2 rings (SSSR count). The Bertz CT molecular complexity index is 486. The monoisotopic (exact) mass is 430 g/mol. The molecule has 0 spiro atoms. The summed E-state index contributed by atoms with van der Waals surface area (Å²) in [7, 11) is 0. The van der Waals surface area contributed by atoms with Gasteiger partial charge in [-0.3, -0.25) is 0 Å². The fourth-order valence-corrected chi connectivity index (χ4v) is 15.8. The van der Waals surface area contributed by atoms with Gasteiger partial charge in [-0.2, -0.15) is 0 Å². The standard InChI is InChI=1S/2C6H4F.2Sn/c2*7-6-4-2-1-3-5-6;;/h2*2-5H;;. The van der Waals surface area contributed by atoms with E-state index in [1.54, 1.807) is 0 Å². The van der Waals surface area contributed by atoms with Gasteiger partial charge < -0.3 is 0 Å². The summed E-state index contributed by atoms with van der Waals surface area (Å²) in [5, 5.41) is 0. The van der Waals surface area contributed by atoms with E-state index in [9.17, 15) is 8.78 Å². The second-order valence-electron chi connectivity index (χ2n) is 3.26. The first-order valence-corrected chi connectivity index (χ1v) is 18.6. The molecule has 16 heavy (non-hydrogen) atoms. The van der Waals surface area contributed by atoms with Gasteiger partial charge in [0.2, 0.25) is 0 Å². The Labute approximate surface area is 108 Å². The molecule has 0 aliphatic heterocycles. The van der Waals surface area contributed by atoms with E-state index >= 15 is 0 Å². The molecule has 0 nitrogen and oxygen atoms in total. The summed E-state index contributed by atoms with van der Waals surface area (Å²) in [5.41, 5.74) is 0. The van der Waals surface area contributed by atoms with Gasteiger partial charge in [0, 0.05) is 0 Å². The second-order valence-corrected chi connectivity index (χ2v) is 17.6. The van der Waals surface area contributed by atoms with Crippen molar-refractivity contribution in [2.75, 3.05) is 0 Å². The quantitative estimate of drug-likeness (QED) is 0.555. The van der Waals surface area contributed by atoms with E-state index in [1.165, 1.54) is 31.4 Å². The third-order valence-electron chi connectivity index (χ3n) is 2.04. The van der Waals surface area contributed by atoms with Crippen LogP contribution in [0.3, 0.4) is 0 Å². The molecule has 0 aliphatic carbocycles. The maximum absolute atomic E-state index is 12.7. The molecule has 0 amide bonds. The minimum absolute atomic E-state index is 0.171. The fraction of sp³-hybridized carbons (Fsp3) is 0. The van der Waals surface area contributed by atoms with Gasteiger partial charge in [0.25, 0.3) is 0 Å². The van der Waals surface area contributed by atoms with Gasteiger partial charge in [0.15, 0.2) is 0 Å². The van der Waals surface area contributed by atoms with Gasteiger partial charge in [0.05, 0.1) is 0 Å². The van der Waals surface area contributed by atoms with Gasteiger partial charge in [-0.15, -0.1) is 0 Å². The van der Waals surface area contributed by atoms with E-state index < -0.39 is 32.5 Å². The Morgan fingerprint density at radius 2 is 0.875 bits per heavy atom. The molecular weight excluding hydrogens is 420 g/mol. The van der Waals surface area contributed by atoms with Crippen molar-refractivity contribution in [2.24, 2.45) is 0 Å². The minimum atomic E-state index is -0.541. The molecule has 0 aliphatic rings. The number of halogens is 2. The summed E-state index contributed by atoms with van der Waals surface area (Å²) in [6, 6.07) is 13.7. The van der Waals surface area contributed by atoms with Crippen LogP contribution in [0.25, 0.3) is 0 Å². The molecule has 2 aromatic rings. The first-order chi connectivity index (χ1) is 7.74. The summed E-state index contributed by atoms with van der Waals surface area (Å²) in [6.07, 6.45) is 0. The topological polar surface area (TPSA) is 0 Å². The zero-order chi connectivity index (χ0) is 11.4. The summed E-state index contributed by atoms with van der Waals surface area (Å²) in [6.45, 7) is 0. The van der Waals surface area contributed by atoms with Crippen LogP contribution in [0.15, 0.2) is 48.5 Å². The van der Waals surface area contributed by atoms with Gasteiger partial charge in [-0.1, -0.05) is 0 Å². The molecule has 0 saturated heterocycles. The zero-order valence-electron chi connectivity index (χ0n) is 8.37. The molecular formula is C12H8F2Sn2. The number of rotatable bonds is 0. The first kappa shape index (κ1) is 12.4. The number of hydrogen-bond acceptors (Lipinski definition) is 0. The van der Waals surface area contributed by atoms with Crippen LogP contribution in [-0.4, -0.2) is 32.5 Å². The van der Waals surface area contributed by atoms with E-state index in [0.717, 1.165) is 0 Å². The molecule has 0 fully saturated rings. The van der Waals surface area contributed by atoms with Crippen molar-refractivity contribution in [1.82, 2.24) is 0 Å². The molecule has 0 saturated carbocycles. The molecule has 0 unspecified atom stereocenters. The molecule has 0 atom stereocenters. The van der Waals surface area contributed by atoms with Gasteiger partial charge in [0.1, 0.15) is 0 Å². The maximum atomic E-state index is 12.7. The van der Waals surface area contributed by atoms with Gasteiger partial charge in [-0.05, 0) is 0 Å². The first-order valence-electron chi connectivity index (χ1n) is 4.77. The molecule has 0 heterocycles. The van der Waals surface area contributed by atoms with Crippen molar-refractivity contribution >= 4 is 39.7 Å². The molecule has 0 N–H and O–H groups in total.